The summed E-state index contributed by atoms with van der Waals surface area (Å²) in [4.78, 5) is 15.5. The standard InChI is InChI=1S/C16H16F3N3O4S/c1-2-26-14(23)15(16(17,18)19,21-13-10-6-7-11-20-13)22-27(24,25)12-8-4-3-5-9-12/h3-11,22H,2H2,1H3,(H,20,21)/t15-/m1/s1. The Morgan fingerprint density at radius 3 is 2.26 bits per heavy atom. The number of benzene rings is 1. The number of rotatable bonds is 7. The zero-order chi connectivity index (χ0) is 20.1. The number of hydrogen-bond donors (Lipinski definition) is 2. The van der Waals surface area contributed by atoms with Gasteiger partial charge >= 0.3 is 12.1 Å². The number of carbonyl (C=O) groups is 1. The van der Waals surface area contributed by atoms with Crippen LogP contribution < -0.4 is 10.0 Å². The quantitative estimate of drug-likeness (QED) is 0.544. The van der Waals surface area contributed by atoms with Crippen LogP contribution in [0.25, 0.3) is 0 Å². The van der Waals surface area contributed by atoms with Crippen molar-refractivity contribution in [3.8, 4) is 0 Å². The predicted molar refractivity (Wildman–Crippen MR) is 90.0 cm³/mol. The number of halogens is 3. The van der Waals surface area contributed by atoms with Crippen molar-refractivity contribution in [2.24, 2.45) is 0 Å². The largest absolute Gasteiger partial charge is 0.463 e. The van der Waals surface area contributed by atoms with E-state index >= 15 is 0 Å². The number of aromatic nitrogens is 1. The minimum atomic E-state index is -5.39. The second-order valence-corrected chi connectivity index (χ2v) is 6.91. The maximum atomic E-state index is 14.0. The van der Waals surface area contributed by atoms with Crippen LogP contribution in [0.3, 0.4) is 0 Å². The highest BCUT2D eigenvalue weighted by atomic mass is 32.2. The minimum absolute atomic E-state index is 0.376. The van der Waals surface area contributed by atoms with E-state index in [2.05, 4.69) is 9.72 Å². The van der Waals surface area contributed by atoms with E-state index in [4.69, 9.17) is 0 Å². The number of esters is 1. The van der Waals surface area contributed by atoms with Crippen LogP contribution in [0.15, 0.2) is 59.6 Å². The summed E-state index contributed by atoms with van der Waals surface area (Å²) < 4.78 is 72.8. The third kappa shape index (κ3) is 4.55. The van der Waals surface area contributed by atoms with Gasteiger partial charge in [-0.1, -0.05) is 24.3 Å². The first-order valence-corrected chi connectivity index (χ1v) is 9.13. The lowest BCUT2D eigenvalue weighted by atomic mass is 10.1. The molecular formula is C16H16F3N3O4S. The van der Waals surface area contributed by atoms with Gasteiger partial charge in [-0.05, 0) is 31.2 Å². The summed E-state index contributed by atoms with van der Waals surface area (Å²) in [6.45, 7) is 0.902. The van der Waals surface area contributed by atoms with Crippen molar-refractivity contribution in [1.82, 2.24) is 9.71 Å². The van der Waals surface area contributed by atoms with Gasteiger partial charge in [0.25, 0.3) is 5.66 Å². The molecule has 0 aliphatic carbocycles. The molecule has 0 saturated heterocycles. The van der Waals surface area contributed by atoms with Gasteiger partial charge < -0.3 is 10.1 Å². The Bertz CT molecular complexity index is 877. The maximum Gasteiger partial charge on any atom is 0.437 e. The molecule has 2 rings (SSSR count). The molecule has 7 nitrogen and oxygen atoms in total. The number of ether oxygens (including phenoxy) is 1. The van der Waals surface area contributed by atoms with Crippen molar-refractivity contribution >= 4 is 21.8 Å². The highest BCUT2D eigenvalue weighted by Crippen LogP contribution is 2.34. The SMILES string of the molecule is CCOC(=O)[C@@](Nc1ccccn1)(NS(=O)(=O)c1ccccc1)C(F)(F)F. The molecule has 0 spiro atoms. The predicted octanol–water partition coefficient (Wildman–Crippen LogP) is 2.29. The van der Waals surface area contributed by atoms with E-state index in [1.165, 1.54) is 48.2 Å². The van der Waals surface area contributed by atoms with E-state index in [1.54, 1.807) is 0 Å². The van der Waals surface area contributed by atoms with E-state index in [0.717, 1.165) is 18.2 Å². The summed E-state index contributed by atoms with van der Waals surface area (Å²) in [5, 5.41) is 1.84. The van der Waals surface area contributed by atoms with Crippen LogP contribution in [0.5, 0.6) is 0 Å². The molecule has 2 aromatic rings. The van der Waals surface area contributed by atoms with Crippen LogP contribution in [0.4, 0.5) is 19.0 Å². The number of alkyl halides is 3. The van der Waals surface area contributed by atoms with E-state index in [1.807, 2.05) is 5.32 Å². The molecule has 0 unspecified atom stereocenters. The van der Waals surface area contributed by atoms with E-state index in [0.29, 0.717) is 0 Å². The van der Waals surface area contributed by atoms with Crippen LogP contribution in [0.1, 0.15) is 6.92 Å². The molecule has 0 fully saturated rings. The second-order valence-electron chi connectivity index (χ2n) is 5.23. The number of nitrogens with one attached hydrogen (secondary N) is 2. The molecule has 27 heavy (non-hydrogen) atoms. The molecule has 146 valence electrons. The monoisotopic (exact) mass is 403 g/mol. The molecule has 0 aliphatic heterocycles. The van der Waals surface area contributed by atoms with Gasteiger partial charge in [-0.25, -0.2) is 18.2 Å². The average Bonchev–Trinajstić information content (AvgIpc) is 2.62. The second kappa shape index (κ2) is 7.92. The van der Waals surface area contributed by atoms with Crippen molar-refractivity contribution in [2.75, 3.05) is 11.9 Å². The Hall–Kier alpha value is -2.66. The number of hydrogen-bond acceptors (Lipinski definition) is 6. The third-order valence-corrected chi connectivity index (χ3v) is 4.80. The molecule has 11 heteroatoms. The van der Waals surface area contributed by atoms with Crippen LogP contribution in [-0.4, -0.2) is 37.8 Å². The van der Waals surface area contributed by atoms with Gasteiger partial charge in [0.15, 0.2) is 0 Å². The highest BCUT2D eigenvalue weighted by molar-refractivity contribution is 7.89. The molecule has 1 heterocycles. The van der Waals surface area contributed by atoms with Gasteiger partial charge in [-0.3, -0.25) is 0 Å². The fourth-order valence-electron chi connectivity index (χ4n) is 2.09. The molecule has 2 N–H and O–H groups in total. The Kier molecular flexibility index (Phi) is 6.06. The topological polar surface area (TPSA) is 97.4 Å². The molecule has 1 atom stereocenters. The molecule has 1 aromatic heterocycles. The fraction of sp³-hybridized carbons (Fsp3) is 0.250. The number of carbonyl (C=O) groups excluding carboxylic acids is 1. The molecular weight excluding hydrogens is 387 g/mol. The molecule has 0 bridgehead atoms. The summed E-state index contributed by atoms with van der Waals surface area (Å²) in [6, 6.07) is 10.3. The smallest absolute Gasteiger partial charge is 0.437 e. The summed E-state index contributed by atoms with van der Waals surface area (Å²) in [5.41, 5.74) is -3.77. The van der Waals surface area contributed by atoms with Crippen LogP contribution >= 0.6 is 0 Å². The zero-order valence-electron chi connectivity index (χ0n) is 14.0. The lowest BCUT2D eigenvalue weighted by Crippen LogP contribution is -2.69. The Labute approximate surface area is 153 Å². The zero-order valence-corrected chi connectivity index (χ0v) is 14.8. The third-order valence-electron chi connectivity index (χ3n) is 3.33. The van der Waals surface area contributed by atoms with E-state index in [9.17, 15) is 26.4 Å². The fourth-order valence-corrected chi connectivity index (χ4v) is 3.38. The van der Waals surface area contributed by atoms with Gasteiger partial charge in [-0.2, -0.15) is 17.9 Å². The first-order chi connectivity index (χ1) is 12.6. The first kappa shape index (κ1) is 20.6. The lowest BCUT2D eigenvalue weighted by molar-refractivity contribution is -0.202. The Morgan fingerprint density at radius 1 is 1.11 bits per heavy atom. The van der Waals surface area contributed by atoms with E-state index in [-0.39, 0.29) is 5.82 Å². The van der Waals surface area contributed by atoms with Crippen LogP contribution in [-0.2, 0) is 19.6 Å². The summed E-state index contributed by atoms with van der Waals surface area (Å²) in [6.07, 6.45) is -4.21. The number of anilines is 1. The molecule has 1 aromatic carbocycles. The van der Waals surface area contributed by atoms with Gasteiger partial charge in [-0.15, -0.1) is 0 Å². The van der Waals surface area contributed by atoms with Gasteiger partial charge in [0, 0.05) is 6.20 Å². The summed E-state index contributed by atoms with van der Waals surface area (Å²) >= 11 is 0. The van der Waals surface area contributed by atoms with Gasteiger partial charge in [0.05, 0.1) is 11.5 Å². The molecule has 0 aliphatic rings. The summed E-state index contributed by atoms with van der Waals surface area (Å²) in [7, 11) is -4.75. The lowest BCUT2D eigenvalue weighted by Gasteiger charge is -2.34. The van der Waals surface area contributed by atoms with Crippen molar-refractivity contribution in [3.05, 3.63) is 54.7 Å². The molecule has 0 amide bonds. The number of nitrogens with zero attached hydrogens (tertiary/aromatic N) is 1. The van der Waals surface area contributed by atoms with Crippen molar-refractivity contribution in [1.29, 1.82) is 0 Å². The van der Waals surface area contributed by atoms with Crippen LogP contribution in [0, 0.1) is 0 Å². The minimum Gasteiger partial charge on any atom is -0.463 e. The molecule has 0 saturated carbocycles. The maximum absolute atomic E-state index is 14.0. The number of sulfonamides is 1. The van der Waals surface area contributed by atoms with Gasteiger partial charge in [0.2, 0.25) is 10.0 Å². The first-order valence-electron chi connectivity index (χ1n) is 7.64. The van der Waals surface area contributed by atoms with Crippen LogP contribution in [0.2, 0.25) is 0 Å². The van der Waals surface area contributed by atoms with Gasteiger partial charge in [0.1, 0.15) is 5.82 Å². The number of pyridine rings is 1. The molecule has 0 radical (unpaired) electrons. The Balaban J connectivity index is 2.58. The summed E-state index contributed by atoms with van der Waals surface area (Å²) in [5.74, 6) is -2.23. The van der Waals surface area contributed by atoms with Crippen molar-refractivity contribution in [2.45, 2.75) is 23.7 Å². The van der Waals surface area contributed by atoms with E-state index < -0.39 is 39.3 Å². The Morgan fingerprint density at radius 2 is 1.74 bits per heavy atom. The van der Waals surface area contributed by atoms with Crippen molar-refractivity contribution in [3.63, 3.8) is 0 Å². The van der Waals surface area contributed by atoms with Crippen molar-refractivity contribution < 1.29 is 31.1 Å². The normalized spacial score (nSPS) is 14.2. The highest BCUT2D eigenvalue weighted by Gasteiger charge is 2.64. The average molecular weight is 403 g/mol.